The summed E-state index contributed by atoms with van der Waals surface area (Å²) >= 11 is 5.97. The molecular weight excluding hydrogens is 298 g/mol. The highest BCUT2D eigenvalue weighted by molar-refractivity contribution is 6.32. The van der Waals surface area contributed by atoms with Crippen LogP contribution in [-0.2, 0) is 4.79 Å². The third kappa shape index (κ3) is 4.81. The number of amides is 1. The lowest BCUT2D eigenvalue weighted by Gasteiger charge is -2.06. The minimum atomic E-state index is -0.291. The minimum Gasteiger partial charge on any atom is -0.495 e. The van der Waals surface area contributed by atoms with Gasteiger partial charge in [0, 0.05) is 11.4 Å². The standard InChI is InChI=1S/C12H12ClN3O2.CH2O2/c1-7-5-10(16-15-7)12(17)14-8-3-4-11(18-2)9(13)6-8;2-1-3/h3-6H,1-2H3,(H,14,17)(H,15,16);1H,(H,2,3). The Morgan fingerprint density at radius 1 is 1.48 bits per heavy atom. The summed E-state index contributed by atoms with van der Waals surface area (Å²) < 4.78 is 5.03. The highest BCUT2D eigenvalue weighted by atomic mass is 35.5. The van der Waals surface area contributed by atoms with E-state index in [1.165, 1.54) is 7.11 Å². The zero-order valence-corrected chi connectivity index (χ0v) is 12.1. The highest BCUT2D eigenvalue weighted by Gasteiger charge is 2.10. The van der Waals surface area contributed by atoms with E-state index in [1.807, 2.05) is 6.92 Å². The molecule has 0 saturated heterocycles. The molecule has 7 nitrogen and oxygen atoms in total. The van der Waals surface area contributed by atoms with Crippen LogP contribution in [0.5, 0.6) is 5.75 Å². The summed E-state index contributed by atoms with van der Waals surface area (Å²) in [6.45, 7) is 1.58. The van der Waals surface area contributed by atoms with Gasteiger partial charge in [-0.1, -0.05) is 11.6 Å². The van der Waals surface area contributed by atoms with Gasteiger partial charge >= 0.3 is 0 Å². The molecular formula is C13H14ClN3O4. The van der Waals surface area contributed by atoms with Gasteiger partial charge in [0.25, 0.3) is 12.4 Å². The van der Waals surface area contributed by atoms with Gasteiger partial charge in [0.2, 0.25) is 0 Å². The maximum Gasteiger partial charge on any atom is 0.290 e. The lowest BCUT2D eigenvalue weighted by Crippen LogP contribution is -2.12. The van der Waals surface area contributed by atoms with Crippen LogP contribution in [0.4, 0.5) is 5.69 Å². The van der Waals surface area contributed by atoms with E-state index in [4.69, 9.17) is 26.2 Å². The number of ether oxygens (including phenoxy) is 1. The number of benzene rings is 1. The maximum absolute atomic E-state index is 11.8. The molecule has 1 aromatic heterocycles. The van der Waals surface area contributed by atoms with Gasteiger partial charge in [0.05, 0.1) is 12.1 Å². The van der Waals surface area contributed by atoms with Crippen LogP contribution in [0.25, 0.3) is 0 Å². The molecule has 0 saturated carbocycles. The summed E-state index contributed by atoms with van der Waals surface area (Å²) in [5.74, 6) is 0.269. The summed E-state index contributed by atoms with van der Waals surface area (Å²) in [6, 6.07) is 6.69. The number of carbonyl (C=O) groups excluding carboxylic acids is 1. The predicted molar refractivity (Wildman–Crippen MR) is 78.0 cm³/mol. The van der Waals surface area contributed by atoms with E-state index < -0.39 is 0 Å². The summed E-state index contributed by atoms with van der Waals surface area (Å²) in [5, 5.41) is 16.6. The summed E-state index contributed by atoms with van der Waals surface area (Å²) in [6.07, 6.45) is 0. The molecule has 112 valence electrons. The number of anilines is 1. The van der Waals surface area contributed by atoms with Crippen LogP contribution in [0, 0.1) is 6.92 Å². The number of halogens is 1. The fourth-order valence-corrected chi connectivity index (χ4v) is 1.73. The van der Waals surface area contributed by atoms with Crippen LogP contribution < -0.4 is 10.1 Å². The van der Waals surface area contributed by atoms with Crippen molar-refractivity contribution in [3.63, 3.8) is 0 Å². The summed E-state index contributed by atoms with van der Waals surface area (Å²) in [4.78, 5) is 20.2. The Bertz CT molecular complexity index is 628. The third-order valence-corrected chi connectivity index (χ3v) is 2.64. The number of hydrogen-bond donors (Lipinski definition) is 3. The monoisotopic (exact) mass is 311 g/mol. The molecule has 0 unspecified atom stereocenters. The molecule has 0 bridgehead atoms. The Balaban J connectivity index is 0.000000677. The van der Waals surface area contributed by atoms with Crippen molar-refractivity contribution < 1.29 is 19.4 Å². The quantitative estimate of drug-likeness (QED) is 0.755. The Morgan fingerprint density at radius 3 is 2.62 bits per heavy atom. The van der Waals surface area contributed by atoms with E-state index in [-0.39, 0.29) is 12.4 Å². The number of hydrogen-bond acceptors (Lipinski definition) is 4. The van der Waals surface area contributed by atoms with E-state index in [1.54, 1.807) is 24.3 Å². The van der Waals surface area contributed by atoms with Gasteiger partial charge in [-0.25, -0.2) is 0 Å². The van der Waals surface area contributed by atoms with Gasteiger partial charge < -0.3 is 15.2 Å². The predicted octanol–water partition coefficient (Wildman–Crippen LogP) is 2.33. The fraction of sp³-hybridized carbons (Fsp3) is 0.154. The van der Waals surface area contributed by atoms with E-state index in [9.17, 15) is 4.79 Å². The molecule has 2 rings (SSSR count). The first kappa shape index (κ1) is 16.5. The van der Waals surface area contributed by atoms with Gasteiger partial charge in [0.1, 0.15) is 5.75 Å². The number of nitrogens with one attached hydrogen (secondary N) is 2. The van der Waals surface area contributed by atoms with Crippen molar-refractivity contribution >= 4 is 29.7 Å². The molecule has 0 fully saturated rings. The molecule has 0 aliphatic rings. The average molecular weight is 312 g/mol. The summed E-state index contributed by atoms with van der Waals surface area (Å²) in [5.41, 5.74) is 1.75. The first-order valence-corrected chi connectivity index (χ1v) is 6.14. The van der Waals surface area contributed by atoms with E-state index in [0.717, 1.165) is 5.69 Å². The van der Waals surface area contributed by atoms with Gasteiger partial charge in [0.15, 0.2) is 5.69 Å². The van der Waals surface area contributed by atoms with Crippen LogP contribution in [0.2, 0.25) is 5.02 Å². The second kappa shape index (κ2) is 7.91. The van der Waals surface area contributed by atoms with E-state index in [0.29, 0.717) is 22.2 Å². The molecule has 0 radical (unpaired) electrons. The number of carboxylic acid groups (broad SMARTS) is 1. The number of H-pyrrole nitrogens is 1. The van der Waals surface area contributed by atoms with Crippen LogP contribution >= 0.6 is 11.6 Å². The molecule has 21 heavy (non-hydrogen) atoms. The van der Waals surface area contributed by atoms with Gasteiger partial charge in [-0.15, -0.1) is 0 Å². The second-order valence-electron chi connectivity index (χ2n) is 3.85. The van der Waals surface area contributed by atoms with Crippen molar-refractivity contribution in [3.05, 3.63) is 40.7 Å². The SMILES string of the molecule is COc1ccc(NC(=O)c2cc(C)[nH]n2)cc1Cl.O=CO. The third-order valence-electron chi connectivity index (χ3n) is 2.35. The Kier molecular flexibility index (Phi) is 6.22. The second-order valence-corrected chi connectivity index (χ2v) is 4.25. The maximum atomic E-state index is 11.8. The van der Waals surface area contributed by atoms with Gasteiger partial charge in [-0.2, -0.15) is 5.10 Å². The van der Waals surface area contributed by atoms with Gasteiger partial charge in [-0.05, 0) is 31.2 Å². The van der Waals surface area contributed by atoms with Crippen LogP contribution in [0.1, 0.15) is 16.2 Å². The number of aromatic nitrogens is 2. The lowest BCUT2D eigenvalue weighted by molar-refractivity contribution is -0.122. The van der Waals surface area contributed by atoms with Crippen molar-refractivity contribution in [2.24, 2.45) is 0 Å². The molecule has 0 atom stereocenters. The number of rotatable bonds is 3. The smallest absolute Gasteiger partial charge is 0.290 e. The molecule has 1 amide bonds. The van der Waals surface area contributed by atoms with Crippen LogP contribution in [0.15, 0.2) is 24.3 Å². The molecule has 8 heteroatoms. The van der Waals surface area contributed by atoms with Crippen molar-refractivity contribution in [2.45, 2.75) is 6.92 Å². The van der Waals surface area contributed by atoms with E-state index in [2.05, 4.69) is 15.5 Å². The number of carbonyl (C=O) groups is 2. The molecule has 2 aromatic rings. The summed E-state index contributed by atoms with van der Waals surface area (Å²) in [7, 11) is 1.53. The first-order chi connectivity index (χ1) is 10.0. The molecule has 0 aliphatic carbocycles. The highest BCUT2D eigenvalue weighted by Crippen LogP contribution is 2.27. The van der Waals surface area contributed by atoms with E-state index >= 15 is 0 Å². The zero-order chi connectivity index (χ0) is 15.8. The van der Waals surface area contributed by atoms with Crippen molar-refractivity contribution in [1.82, 2.24) is 10.2 Å². The fourth-order valence-electron chi connectivity index (χ4n) is 1.47. The Labute approximate surface area is 125 Å². The Morgan fingerprint density at radius 2 is 2.14 bits per heavy atom. The number of aryl methyl sites for hydroxylation is 1. The lowest BCUT2D eigenvalue weighted by atomic mass is 10.3. The van der Waals surface area contributed by atoms with Crippen molar-refractivity contribution in [3.8, 4) is 5.75 Å². The first-order valence-electron chi connectivity index (χ1n) is 5.76. The molecule has 0 spiro atoms. The molecule has 0 aliphatic heterocycles. The van der Waals surface area contributed by atoms with Crippen molar-refractivity contribution in [2.75, 3.05) is 12.4 Å². The van der Waals surface area contributed by atoms with Crippen LogP contribution in [-0.4, -0.2) is 34.8 Å². The largest absolute Gasteiger partial charge is 0.495 e. The van der Waals surface area contributed by atoms with Crippen LogP contribution in [0.3, 0.4) is 0 Å². The van der Waals surface area contributed by atoms with Gasteiger partial charge in [-0.3, -0.25) is 14.7 Å². The number of aromatic amines is 1. The zero-order valence-electron chi connectivity index (χ0n) is 11.4. The average Bonchev–Trinajstić information content (AvgIpc) is 2.87. The minimum absolute atomic E-state index is 0.250. The molecule has 1 aromatic carbocycles. The number of nitrogens with zero attached hydrogens (tertiary/aromatic N) is 1. The molecule has 1 heterocycles. The topological polar surface area (TPSA) is 104 Å². The normalized spacial score (nSPS) is 9.29. The molecule has 3 N–H and O–H groups in total. The van der Waals surface area contributed by atoms with Crippen molar-refractivity contribution in [1.29, 1.82) is 0 Å². The number of methoxy groups -OCH3 is 1. The Hall–Kier alpha value is -2.54.